The van der Waals surface area contributed by atoms with E-state index in [1.165, 1.54) is 10.9 Å². The number of hydrogen-bond donors (Lipinski definition) is 2. The second kappa shape index (κ2) is 12.0. The average Bonchev–Trinajstić information content (AvgIpc) is 3.31. The van der Waals surface area contributed by atoms with E-state index in [-0.39, 0.29) is 18.4 Å². The van der Waals surface area contributed by atoms with Crippen molar-refractivity contribution in [3.8, 4) is 0 Å². The van der Waals surface area contributed by atoms with Gasteiger partial charge in [0.25, 0.3) is 0 Å². The molecule has 1 unspecified atom stereocenters. The van der Waals surface area contributed by atoms with Crippen molar-refractivity contribution in [3.05, 3.63) is 142 Å². The van der Waals surface area contributed by atoms with E-state index in [0.29, 0.717) is 11.5 Å². The molecule has 0 radical (unpaired) electrons. The number of carbonyl (C=O) groups is 1. The number of hydrogen-bond acceptors (Lipinski definition) is 3. The van der Waals surface area contributed by atoms with Gasteiger partial charge >= 0.3 is 0 Å². The quantitative estimate of drug-likeness (QED) is 0.204. The van der Waals surface area contributed by atoms with Crippen LogP contribution in [0.15, 0.2) is 108 Å². The van der Waals surface area contributed by atoms with Crippen LogP contribution in [0, 0.1) is 19.8 Å². The van der Waals surface area contributed by atoms with Gasteiger partial charge in [-0.1, -0.05) is 96.5 Å². The molecule has 0 saturated carbocycles. The Morgan fingerprint density at radius 2 is 1.76 bits per heavy atom. The molecule has 0 spiro atoms. The lowest BCUT2D eigenvalue weighted by Gasteiger charge is -2.28. The van der Waals surface area contributed by atoms with Crippen LogP contribution in [0.1, 0.15) is 52.0 Å². The number of fused-ring (bicyclic) bond motifs is 3. The second-order valence-electron chi connectivity index (χ2n) is 11.1. The van der Waals surface area contributed by atoms with E-state index in [0.717, 1.165) is 45.7 Å². The molecule has 1 aliphatic carbocycles. The molecule has 5 aromatic rings. The molecule has 5 nitrogen and oxygen atoms in total. The molecule has 2 N–H and O–H groups in total. The lowest BCUT2D eigenvalue weighted by atomic mass is 9.81. The number of aromatic nitrogens is 2. The Hall–Kier alpha value is -4.19. The molecule has 6 heteroatoms. The highest BCUT2D eigenvalue weighted by Crippen LogP contribution is 2.35. The van der Waals surface area contributed by atoms with E-state index in [4.69, 9.17) is 16.6 Å². The molecule has 3 atom stereocenters. The molecule has 2 heterocycles. The SMILES string of the molecule is Cc1cc(C)n2c(n1)c(Cc1ccc([C@@H](C(=O)N[C@@H](CO)c3ccccc3)C3C=CC(Cl)=CC3)cc1)c1ccccc12. The lowest BCUT2D eigenvalue weighted by Crippen LogP contribution is -2.37. The van der Waals surface area contributed by atoms with Gasteiger partial charge in [-0.3, -0.25) is 9.20 Å². The van der Waals surface area contributed by atoms with E-state index < -0.39 is 12.0 Å². The van der Waals surface area contributed by atoms with Gasteiger partial charge in [-0.15, -0.1) is 0 Å². The number of aliphatic hydroxyl groups is 1. The number of carbonyl (C=O) groups excluding carboxylic acids is 1. The molecule has 212 valence electrons. The lowest BCUT2D eigenvalue weighted by molar-refractivity contribution is -0.124. The fourth-order valence-electron chi connectivity index (χ4n) is 6.19. The third-order valence-corrected chi connectivity index (χ3v) is 8.50. The first-order valence-electron chi connectivity index (χ1n) is 14.4. The van der Waals surface area contributed by atoms with Gasteiger partial charge in [0.15, 0.2) is 0 Å². The van der Waals surface area contributed by atoms with Crippen LogP contribution in [0.25, 0.3) is 16.6 Å². The predicted molar refractivity (Wildman–Crippen MR) is 170 cm³/mol. The van der Waals surface area contributed by atoms with Gasteiger partial charge in [0.05, 0.1) is 24.1 Å². The monoisotopic (exact) mass is 575 g/mol. The maximum Gasteiger partial charge on any atom is 0.228 e. The maximum absolute atomic E-state index is 13.8. The highest BCUT2D eigenvalue weighted by Gasteiger charge is 2.30. The molecule has 1 aliphatic rings. The summed E-state index contributed by atoms with van der Waals surface area (Å²) in [6.07, 6.45) is 7.24. The number of nitrogens with zero attached hydrogens (tertiary/aromatic N) is 2. The van der Waals surface area contributed by atoms with E-state index in [1.54, 1.807) is 0 Å². The number of para-hydroxylation sites is 1. The normalized spacial score (nSPS) is 16.4. The van der Waals surface area contributed by atoms with Crippen molar-refractivity contribution in [2.45, 2.75) is 38.6 Å². The van der Waals surface area contributed by atoms with Gasteiger partial charge in [-0.2, -0.15) is 0 Å². The molecule has 2 aromatic heterocycles. The Bertz CT molecular complexity index is 1810. The van der Waals surface area contributed by atoms with Crippen molar-refractivity contribution >= 4 is 34.1 Å². The zero-order chi connectivity index (χ0) is 29.2. The summed E-state index contributed by atoms with van der Waals surface area (Å²) in [5.74, 6) is -0.605. The zero-order valence-electron chi connectivity index (χ0n) is 23.8. The predicted octanol–water partition coefficient (Wildman–Crippen LogP) is 7.33. The fraction of sp³-hybridized carbons (Fsp3) is 0.222. The molecular weight excluding hydrogens is 542 g/mol. The third kappa shape index (κ3) is 5.50. The van der Waals surface area contributed by atoms with Gasteiger partial charge in [-0.05, 0) is 61.1 Å². The van der Waals surface area contributed by atoms with Gasteiger partial charge < -0.3 is 10.4 Å². The van der Waals surface area contributed by atoms with Crippen molar-refractivity contribution in [1.82, 2.24) is 14.7 Å². The number of amides is 1. The Labute approximate surface area is 251 Å². The number of aliphatic hydroxyl groups excluding tert-OH is 1. The molecule has 0 saturated heterocycles. The summed E-state index contributed by atoms with van der Waals surface area (Å²) in [6.45, 7) is 3.98. The first kappa shape index (κ1) is 28.0. The minimum absolute atomic E-state index is 0.0528. The number of halogens is 1. The topological polar surface area (TPSA) is 66.6 Å². The molecule has 1 amide bonds. The van der Waals surface area contributed by atoms with Crippen molar-refractivity contribution in [2.75, 3.05) is 6.61 Å². The first-order chi connectivity index (χ1) is 20.4. The van der Waals surface area contributed by atoms with Crippen molar-refractivity contribution in [3.63, 3.8) is 0 Å². The minimum Gasteiger partial charge on any atom is -0.394 e. The number of nitrogens with one attached hydrogen (secondary N) is 1. The molecule has 6 rings (SSSR count). The van der Waals surface area contributed by atoms with Gasteiger partial charge in [0, 0.05) is 33.8 Å². The summed E-state index contributed by atoms with van der Waals surface area (Å²) in [4.78, 5) is 18.8. The maximum atomic E-state index is 13.8. The largest absolute Gasteiger partial charge is 0.394 e. The van der Waals surface area contributed by atoms with Crippen LogP contribution in [-0.4, -0.2) is 27.0 Å². The third-order valence-electron chi connectivity index (χ3n) is 8.22. The molecule has 42 heavy (non-hydrogen) atoms. The molecule has 0 fully saturated rings. The van der Waals surface area contributed by atoms with E-state index in [9.17, 15) is 9.90 Å². The second-order valence-corrected chi connectivity index (χ2v) is 11.5. The number of benzene rings is 3. The summed E-state index contributed by atoms with van der Waals surface area (Å²) in [5, 5.41) is 15.1. The van der Waals surface area contributed by atoms with E-state index in [1.807, 2.05) is 55.5 Å². The molecule has 0 aliphatic heterocycles. The molecule has 0 bridgehead atoms. The van der Waals surface area contributed by atoms with E-state index in [2.05, 4.69) is 71.2 Å². The average molecular weight is 576 g/mol. The number of aryl methyl sites for hydroxylation is 2. The van der Waals surface area contributed by atoms with Crippen LogP contribution in [0.5, 0.6) is 0 Å². The van der Waals surface area contributed by atoms with Crippen molar-refractivity contribution < 1.29 is 9.90 Å². The highest BCUT2D eigenvalue weighted by atomic mass is 35.5. The van der Waals surface area contributed by atoms with E-state index >= 15 is 0 Å². The number of allylic oxidation sites excluding steroid dienone is 4. The molecule has 3 aromatic carbocycles. The Morgan fingerprint density at radius 1 is 1.02 bits per heavy atom. The number of rotatable bonds is 8. The minimum atomic E-state index is -0.483. The zero-order valence-corrected chi connectivity index (χ0v) is 24.6. The summed E-state index contributed by atoms with van der Waals surface area (Å²) in [7, 11) is 0. The Morgan fingerprint density at radius 3 is 2.48 bits per heavy atom. The van der Waals surface area contributed by atoms with Crippen molar-refractivity contribution in [1.29, 1.82) is 0 Å². The molecular formula is C36H34ClN3O2. The smallest absolute Gasteiger partial charge is 0.228 e. The highest BCUT2D eigenvalue weighted by molar-refractivity contribution is 6.31. The summed E-state index contributed by atoms with van der Waals surface area (Å²) < 4.78 is 2.24. The standard InChI is InChI=1S/C36H34ClN3O2/c1-23-20-24(2)40-33-11-7-6-10-30(33)31(35(40)38-23)21-25-12-14-27(15-13-25)34(28-16-18-29(37)19-17-28)36(42)39-32(22-41)26-8-4-3-5-9-26/h3-16,18-20,28,32,34,41H,17,21-22H2,1-2H3,(H,39,42)/t28?,32-,34+/m0/s1. The van der Waals surface area contributed by atoms with Gasteiger partial charge in [-0.25, -0.2) is 4.98 Å². The van der Waals surface area contributed by atoms with Crippen LogP contribution < -0.4 is 5.32 Å². The van der Waals surface area contributed by atoms with Crippen LogP contribution in [0.3, 0.4) is 0 Å². The van der Waals surface area contributed by atoms with Crippen molar-refractivity contribution in [2.24, 2.45) is 5.92 Å². The van der Waals surface area contributed by atoms with Crippen LogP contribution >= 0.6 is 11.6 Å². The summed E-state index contributed by atoms with van der Waals surface area (Å²) >= 11 is 6.22. The van der Waals surface area contributed by atoms with Crippen LogP contribution in [0.2, 0.25) is 0 Å². The van der Waals surface area contributed by atoms with Crippen LogP contribution in [-0.2, 0) is 11.2 Å². The Kier molecular flexibility index (Phi) is 7.96. The fourth-order valence-corrected chi connectivity index (χ4v) is 6.35. The summed E-state index contributed by atoms with van der Waals surface area (Å²) in [6, 6.07) is 28.0. The van der Waals surface area contributed by atoms with Gasteiger partial charge in [0.1, 0.15) is 5.65 Å². The first-order valence-corrected chi connectivity index (χ1v) is 14.8. The summed E-state index contributed by atoms with van der Waals surface area (Å²) in [5.41, 5.74) is 8.46. The van der Waals surface area contributed by atoms with Crippen LogP contribution in [0.4, 0.5) is 0 Å². The Balaban J connectivity index is 1.32. The van der Waals surface area contributed by atoms with Gasteiger partial charge in [0.2, 0.25) is 5.91 Å².